The van der Waals surface area contributed by atoms with Crippen molar-refractivity contribution in [1.29, 1.82) is 0 Å². The second-order valence-electron chi connectivity index (χ2n) is 4.31. The summed E-state index contributed by atoms with van der Waals surface area (Å²) in [5.41, 5.74) is 0.805. The molecule has 0 spiro atoms. The molecule has 0 bridgehead atoms. The Kier molecular flexibility index (Phi) is 10.3. The minimum Gasteiger partial charge on any atom is -0.496 e. The third-order valence-electron chi connectivity index (χ3n) is 2.54. The van der Waals surface area contributed by atoms with Crippen molar-refractivity contribution in [1.82, 2.24) is 0 Å². The Hall–Kier alpha value is -0.170. The molecule has 1 atom stereocenters. The average molecular weight is 472 g/mol. The first-order chi connectivity index (χ1) is 10.6. The Labute approximate surface area is 157 Å². The van der Waals surface area contributed by atoms with Crippen molar-refractivity contribution in [2.24, 2.45) is 0 Å². The zero-order valence-corrected chi connectivity index (χ0v) is 16.9. The van der Waals surface area contributed by atoms with Gasteiger partial charge in [0.1, 0.15) is 10.7 Å². The van der Waals surface area contributed by atoms with Gasteiger partial charge in [-0.2, -0.15) is 0 Å². The maximum Gasteiger partial charge on any atom is 0.265 e. The van der Waals surface area contributed by atoms with E-state index in [1.807, 2.05) is 37.3 Å². The molecule has 1 aliphatic heterocycles. The molecule has 122 valence electrons. The van der Waals surface area contributed by atoms with E-state index in [1.54, 1.807) is 11.8 Å². The number of ether oxygens (including phenoxy) is 1. The Morgan fingerprint density at radius 2 is 2.14 bits per heavy atom. The molecule has 0 saturated heterocycles. The first-order valence-electron chi connectivity index (χ1n) is 6.67. The van der Waals surface area contributed by atoms with Crippen LogP contribution in [0.25, 0.3) is 0 Å². The fourth-order valence-electron chi connectivity index (χ4n) is 1.48. The minimum atomic E-state index is -0.0894. The van der Waals surface area contributed by atoms with Crippen molar-refractivity contribution in [2.45, 2.75) is 11.8 Å². The second kappa shape index (κ2) is 11.4. The maximum atomic E-state index is 11.9. The van der Waals surface area contributed by atoms with Gasteiger partial charge in [-0.05, 0) is 19.1 Å². The molecule has 1 amide bonds. The van der Waals surface area contributed by atoms with Crippen LogP contribution in [0.2, 0.25) is 0 Å². The standard InChI is InChI=1S/C12H13NO2S.C3H5Br2Cl/c1-9-11(16-8-7-15-9)12(14)13-10-5-3-2-4-6-10;4-1-3(5)2-6/h2-6H,7-8H2,1H3,(H,13,14);3H,1-2H2. The van der Waals surface area contributed by atoms with E-state index in [0.29, 0.717) is 28.0 Å². The number of anilines is 1. The zero-order valence-electron chi connectivity index (χ0n) is 12.2. The molecular formula is C15H18Br2ClNO2S. The van der Waals surface area contributed by atoms with E-state index in [1.165, 1.54) is 0 Å². The Bertz CT molecular complexity index is 496. The molecule has 1 heterocycles. The van der Waals surface area contributed by atoms with Crippen LogP contribution in [0.3, 0.4) is 0 Å². The highest BCUT2D eigenvalue weighted by Gasteiger charge is 2.18. The Morgan fingerprint density at radius 1 is 1.45 bits per heavy atom. The predicted octanol–water partition coefficient (Wildman–Crippen LogP) is 5.00. The normalized spacial score (nSPS) is 15.3. The summed E-state index contributed by atoms with van der Waals surface area (Å²) in [6.45, 7) is 2.50. The molecule has 0 fully saturated rings. The first kappa shape index (κ1) is 19.9. The van der Waals surface area contributed by atoms with Crippen LogP contribution in [0, 0.1) is 0 Å². The van der Waals surface area contributed by atoms with Gasteiger partial charge in [0.2, 0.25) is 0 Å². The Balaban J connectivity index is 0.000000346. The Morgan fingerprint density at radius 3 is 2.64 bits per heavy atom. The number of alkyl halides is 3. The number of benzene rings is 1. The lowest BCUT2D eigenvalue weighted by atomic mass is 10.3. The number of amides is 1. The number of allylic oxidation sites excluding steroid dienone is 1. The number of para-hydroxylation sites is 1. The van der Waals surface area contributed by atoms with Gasteiger partial charge >= 0.3 is 0 Å². The van der Waals surface area contributed by atoms with E-state index < -0.39 is 0 Å². The van der Waals surface area contributed by atoms with Gasteiger partial charge in [-0.25, -0.2) is 0 Å². The first-order valence-corrected chi connectivity index (χ1v) is 10.2. The highest BCUT2D eigenvalue weighted by molar-refractivity contribution is 9.12. The second-order valence-corrected chi connectivity index (χ2v) is 7.66. The summed E-state index contributed by atoms with van der Waals surface area (Å²) < 4.78 is 5.35. The van der Waals surface area contributed by atoms with Crippen molar-refractivity contribution in [2.75, 3.05) is 28.9 Å². The molecule has 1 unspecified atom stereocenters. The van der Waals surface area contributed by atoms with Crippen LogP contribution in [0.4, 0.5) is 5.69 Å². The number of carbonyl (C=O) groups excluding carboxylic acids is 1. The van der Waals surface area contributed by atoms with Gasteiger partial charge in [-0.1, -0.05) is 50.1 Å². The van der Waals surface area contributed by atoms with Gasteiger partial charge in [-0.3, -0.25) is 4.79 Å². The molecule has 0 aromatic heterocycles. The number of carbonyl (C=O) groups is 1. The van der Waals surface area contributed by atoms with Crippen LogP contribution in [0.1, 0.15) is 6.92 Å². The van der Waals surface area contributed by atoms with Crippen LogP contribution >= 0.6 is 55.2 Å². The largest absolute Gasteiger partial charge is 0.496 e. The van der Waals surface area contributed by atoms with Gasteiger partial charge in [0.15, 0.2) is 0 Å². The van der Waals surface area contributed by atoms with Crippen molar-refractivity contribution in [3.8, 4) is 0 Å². The molecule has 1 N–H and O–H groups in total. The summed E-state index contributed by atoms with van der Waals surface area (Å²) >= 11 is 13.5. The van der Waals surface area contributed by atoms with E-state index >= 15 is 0 Å². The van der Waals surface area contributed by atoms with Crippen LogP contribution in [-0.2, 0) is 9.53 Å². The van der Waals surface area contributed by atoms with E-state index in [9.17, 15) is 4.79 Å². The third-order valence-corrected chi connectivity index (χ3v) is 6.72. The van der Waals surface area contributed by atoms with Gasteiger partial charge in [0.05, 0.1) is 6.61 Å². The van der Waals surface area contributed by atoms with Crippen molar-refractivity contribution >= 4 is 66.8 Å². The summed E-state index contributed by atoms with van der Waals surface area (Å²) in [4.78, 5) is 13.0. The molecule has 0 aliphatic carbocycles. The van der Waals surface area contributed by atoms with Gasteiger partial charge < -0.3 is 10.1 Å². The topological polar surface area (TPSA) is 38.3 Å². The lowest BCUT2D eigenvalue weighted by molar-refractivity contribution is -0.112. The smallest absolute Gasteiger partial charge is 0.265 e. The molecule has 22 heavy (non-hydrogen) atoms. The SMILES string of the molecule is CC1=C(C(=O)Nc2ccccc2)SCCO1.ClCC(Br)CBr. The molecular weight excluding hydrogens is 453 g/mol. The highest BCUT2D eigenvalue weighted by atomic mass is 79.9. The molecule has 0 radical (unpaired) electrons. The molecule has 1 aromatic rings. The quantitative estimate of drug-likeness (QED) is 0.628. The molecule has 2 rings (SSSR count). The fraction of sp³-hybridized carbons (Fsp3) is 0.400. The lowest BCUT2D eigenvalue weighted by Crippen LogP contribution is -2.18. The molecule has 0 saturated carbocycles. The van der Waals surface area contributed by atoms with E-state index in [-0.39, 0.29) is 5.91 Å². The molecule has 1 aliphatic rings. The van der Waals surface area contributed by atoms with E-state index in [0.717, 1.165) is 16.8 Å². The maximum absolute atomic E-state index is 11.9. The van der Waals surface area contributed by atoms with Gasteiger partial charge in [-0.15, -0.1) is 23.4 Å². The number of thioether (sulfide) groups is 1. The zero-order chi connectivity index (χ0) is 16.4. The van der Waals surface area contributed by atoms with Crippen LogP contribution in [0.5, 0.6) is 0 Å². The minimum absolute atomic E-state index is 0.0894. The molecule has 1 aromatic carbocycles. The van der Waals surface area contributed by atoms with Crippen LogP contribution in [-0.4, -0.2) is 34.3 Å². The van der Waals surface area contributed by atoms with Crippen molar-refractivity contribution in [3.63, 3.8) is 0 Å². The summed E-state index contributed by atoms with van der Waals surface area (Å²) in [5, 5.41) is 3.77. The van der Waals surface area contributed by atoms with Crippen LogP contribution < -0.4 is 5.32 Å². The fourth-order valence-corrected chi connectivity index (χ4v) is 2.90. The number of rotatable bonds is 4. The monoisotopic (exact) mass is 469 g/mol. The summed E-state index contributed by atoms with van der Waals surface area (Å²) in [6, 6.07) is 9.42. The number of halogens is 3. The van der Waals surface area contributed by atoms with Crippen molar-refractivity contribution in [3.05, 3.63) is 41.0 Å². The summed E-state index contributed by atoms with van der Waals surface area (Å²) in [7, 11) is 0. The molecule has 3 nitrogen and oxygen atoms in total. The number of hydrogen-bond acceptors (Lipinski definition) is 3. The predicted molar refractivity (Wildman–Crippen MR) is 103 cm³/mol. The van der Waals surface area contributed by atoms with Gasteiger partial charge in [0, 0.05) is 27.5 Å². The number of hydrogen-bond donors (Lipinski definition) is 1. The van der Waals surface area contributed by atoms with E-state index in [4.69, 9.17) is 16.3 Å². The van der Waals surface area contributed by atoms with E-state index in [2.05, 4.69) is 37.2 Å². The molecule has 7 heteroatoms. The summed E-state index contributed by atoms with van der Waals surface area (Å²) in [6.07, 6.45) is 0. The lowest BCUT2D eigenvalue weighted by Gasteiger charge is -2.17. The number of nitrogens with one attached hydrogen (secondary N) is 1. The van der Waals surface area contributed by atoms with Crippen LogP contribution in [0.15, 0.2) is 41.0 Å². The third kappa shape index (κ3) is 7.40. The van der Waals surface area contributed by atoms with Crippen molar-refractivity contribution < 1.29 is 9.53 Å². The summed E-state index contributed by atoms with van der Waals surface area (Å²) in [5.74, 6) is 2.12. The van der Waals surface area contributed by atoms with Gasteiger partial charge in [0.25, 0.3) is 5.91 Å². The average Bonchev–Trinajstić information content (AvgIpc) is 2.56. The highest BCUT2D eigenvalue weighted by Crippen LogP contribution is 2.26.